The minimum absolute atomic E-state index is 0.203. The second kappa shape index (κ2) is 7.88. The number of aromatic nitrogens is 2. The number of carboxylic acid groups (broad SMARTS) is 1. The number of hydrogen-bond acceptors (Lipinski definition) is 7. The van der Waals surface area contributed by atoms with Gasteiger partial charge >= 0.3 is 0 Å². The molecule has 2 heterocycles. The molecular formula is C11H19N5O3S. The smallest absolute Gasteiger partial charge is 0.290 e. The number of primary amides is 1. The topological polar surface area (TPSA) is 113 Å². The van der Waals surface area contributed by atoms with E-state index in [0.29, 0.717) is 5.01 Å². The number of amides is 1. The Balaban J connectivity index is 0.000000612. The molecular weight excluding hydrogens is 282 g/mol. The Morgan fingerprint density at radius 2 is 1.95 bits per heavy atom. The van der Waals surface area contributed by atoms with Gasteiger partial charge in [-0.1, -0.05) is 11.3 Å². The maximum absolute atomic E-state index is 11.0. The standard InChI is InChI=1S/C10H17N5OS.CH2O2/c1-7(15-5-3-14(2)4-6-15)9-12-13-10(17-9)8(11)16;2-1-3/h7H,3-6H2,1-2H3,(H2,11,16);1H,(H,2,3). The van der Waals surface area contributed by atoms with E-state index in [9.17, 15) is 4.79 Å². The van der Waals surface area contributed by atoms with Crippen LogP contribution in [-0.2, 0) is 4.79 Å². The normalized spacial score (nSPS) is 17.9. The molecule has 0 spiro atoms. The van der Waals surface area contributed by atoms with Gasteiger partial charge in [0.2, 0.25) is 5.01 Å². The van der Waals surface area contributed by atoms with Crippen molar-refractivity contribution in [2.45, 2.75) is 13.0 Å². The van der Waals surface area contributed by atoms with E-state index in [0.717, 1.165) is 31.2 Å². The van der Waals surface area contributed by atoms with Gasteiger partial charge in [0, 0.05) is 26.2 Å². The van der Waals surface area contributed by atoms with Crippen molar-refractivity contribution in [1.29, 1.82) is 0 Å². The zero-order valence-corrected chi connectivity index (χ0v) is 12.3. The van der Waals surface area contributed by atoms with Crippen molar-refractivity contribution in [3.8, 4) is 0 Å². The summed E-state index contributed by atoms with van der Waals surface area (Å²) < 4.78 is 0. The molecule has 20 heavy (non-hydrogen) atoms. The molecule has 1 aromatic heterocycles. The van der Waals surface area contributed by atoms with Crippen molar-refractivity contribution in [3.05, 3.63) is 10.0 Å². The van der Waals surface area contributed by atoms with E-state index in [4.69, 9.17) is 15.6 Å². The molecule has 112 valence electrons. The first-order valence-corrected chi connectivity index (χ1v) is 6.95. The van der Waals surface area contributed by atoms with E-state index < -0.39 is 5.91 Å². The van der Waals surface area contributed by atoms with Gasteiger partial charge in [0.1, 0.15) is 5.01 Å². The molecule has 0 bridgehead atoms. The largest absolute Gasteiger partial charge is 0.483 e. The molecule has 8 nitrogen and oxygen atoms in total. The van der Waals surface area contributed by atoms with Crippen LogP contribution in [0.2, 0.25) is 0 Å². The Hall–Kier alpha value is -1.58. The molecule has 3 N–H and O–H groups in total. The SMILES string of the molecule is CC(c1nnc(C(N)=O)s1)N1CCN(C)CC1.O=CO. The number of carbonyl (C=O) groups is 2. The van der Waals surface area contributed by atoms with Gasteiger partial charge in [-0.25, -0.2) is 0 Å². The molecule has 0 saturated carbocycles. The van der Waals surface area contributed by atoms with Crippen LogP contribution in [0.4, 0.5) is 0 Å². The average molecular weight is 301 g/mol. The van der Waals surface area contributed by atoms with E-state index in [1.54, 1.807) is 0 Å². The van der Waals surface area contributed by atoms with Gasteiger partial charge in [0.15, 0.2) is 0 Å². The molecule has 1 aliphatic heterocycles. The lowest BCUT2D eigenvalue weighted by molar-refractivity contribution is -0.122. The molecule has 2 rings (SSSR count). The molecule has 1 amide bonds. The van der Waals surface area contributed by atoms with Crippen LogP contribution < -0.4 is 5.73 Å². The van der Waals surface area contributed by atoms with E-state index >= 15 is 0 Å². The fraction of sp³-hybridized carbons (Fsp3) is 0.636. The summed E-state index contributed by atoms with van der Waals surface area (Å²) in [6.07, 6.45) is 0. The van der Waals surface area contributed by atoms with Gasteiger partial charge in [0.05, 0.1) is 6.04 Å². The van der Waals surface area contributed by atoms with E-state index in [2.05, 4.69) is 34.0 Å². The van der Waals surface area contributed by atoms with Crippen molar-refractivity contribution in [3.63, 3.8) is 0 Å². The minimum atomic E-state index is -0.501. The maximum atomic E-state index is 11.0. The Morgan fingerprint density at radius 1 is 1.40 bits per heavy atom. The van der Waals surface area contributed by atoms with Crippen LogP contribution in [0.25, 0.3) is 0 Å². The number of nitrogens with zero attached hydrogens (tertiary/aromatic N) is 4. The second-order valence-electron chi connectivity index (χ2n) is 4.43. The monoisotopic (exact) mass is 301 g/mol. The van der Waals surface area contributed by atoms with Crippen LogP contribution >= 0.6 is 11.3 Å². The van der Waals surface area contributed by atoms with Gasteiger partial charge in [0.25, 0.3) is 12.4 Å². The summed E-state index contributed by atoms with van der Waals surface area (Å²) in [5, 5.41) is 15.9. The van der Waals surface area contributed by atoms with Gasteiger partial charge < -0.3 is 15.7 Å². The molecule has 0 radical (unpaired) electrons. The van der Waals surface area contributed by atoms with Crippen molar-refractivity contribution in [2.24, 2.45) is 5.73 Å². The fourth-order valence-electron chi connectivity index (χ4n) is 1.87. The fourth-order valence-corrected chi connectivity index (χ4v) is 2.65. The number of hydrogen-bond donors (Lipinski definition) is 2. The highest BCUT2D eigenvalue weighted by atomic mass is 32.1. The molecule has 0 aromatic carbocycles. The third-order valence-electron chi connectivity index (χ3n) is 3.09. The second-order valence-corrected chi connectivity index (χ2v) is 5.44. The highest BCUT2D eigenvalue weighted by molar-refractivity contribution is 7.13. The Bertz CT molecular complexity index is 445. The van der Waals surface area contributed by atoms with Gasteiger partial charge in [-0.15, -0.1) is 10.2 Å². The van der Waals surface area contributed by atoms with Gasteiger partial charge in [-0.2, -0.15) is 0 Å². The predicted molar refractivity (Wildman–Crippen MR) is 74.6 cm³/mol. The summed E-state index contributed by atoms with van der Waals surface area (Å²) >= 11 is 1.29. The van der Waals surface area contributed by atoms with Crippen LogP contribution in [0.5, 0.6) is 0 Å². The third-order valence-corrected chi connectivity index (χ3v) is 4.20. The molecule has 9 heteroatoms. The van der Waals surface area contributed by atoms with Crippen LogP contribution in [0.3, 0.4) is 0 Å². The summed E-state index contributed by atoms with van der Waals surface area (Å²) in [6, 6.07) is 0.203. The lowest BCUT2D eigenvalue weighted by Gasteiger charge is -2.35. The minimum Gasteiger partial charge on any atom is -0.483 e. The molecule has 1 aromatic rings. The van der Waals surface area contributed by atoms with Crippen LogP contribution in [0.15, 0.2) is 0 Å². The quantitative estimate of drug-likeness (QED) is 0.733. The predicted octanol–water partition coefficient (Wildman–Crippen LogP) is -0.354. The first kappa shape index (κ1) is 16.5. The van der Waals surface area contributed by atoms with Gasteiger partial charge in [-0.05, 0) is 14.0 Å². The number of carbonyl (C=O) groups excluding carboxylic acids is 1. The Morgan fingerprint density at radius 3 is 2.40 bits per heavy atom. The maximum Gasteiger partial charge on any atom is 0.290 e. The highest BCUT2D eigenvalue weighted by Crippen LogP contribution is 2.24. The van der Waals surface area contributed by atoms with Crippen LogP contribution in [0, 0.1) is 0 Å². The van der Waals surface area contributed by atoms with Crippen molar-refractivity contribution < 1.29 is 14.7 Å². The molecule has 0 aliphatic carbocycles. The summed E-state index contributed by atoms with van der Waals surface area (Å²) in [5.74, 6) is -0.501. The Labute approximate surface area is 121 Å². The van der Waals surface area contributed by atoms with E-state index in [1.807, 2.05) is 0 Å². The van der Waals surface area contributed by atoms with Crippen molar-refractivity contribution in [1.82, 2.24) is 20.0 Å². The lowest BCUT2D eigenvalue weighted by atomic mass is 10.2. The van der Waals surface area contributed by atoms with Crippen LogP contribution in [0.1, 0.15) is 27.8 Å². The van der Waals surface area contributed by atoms with Crippen molar-refractivity contribution >= 4 is 23.7 Å². The molecule has 1 aliphatic rings. The summed E-state index contributed by atoms with van der Waals surface area (Å²) in [6.45, 7) is 6.00. The van der Waals surface area contributed by atoms with Crippen LogP contribution in [-0.4, -0.2) is 70.7 Å². The molecule has 1 fully saturated rings. The average Bonchev–Trinajstić information content (AvgIpc) is 2.89. The number of piperazine rings is 1. The first-order valence-electron chi connectivity index (χ1n) is 6.13. The Kier molecular flexibility index (Phi) is 6.49. The van der Waals surface area contributed by atoms with E-state index in [-0.39, 0.29) is 12.5 Å². The zero-order valence-electron chi connectivity index (χ0n) is 11.5. The van der Waals surface area contributed by atoms with Crippen molar-refractivity contribution in [2.75, 3.05) is 33.2 Å². The summed E-state index contributed by atoms with van der Waals surface area (Å²) in [5.41, 5.74) is 5.17. The zero-order chi connectivity index (χ0) is 15.1. The molecule has 1 saturated heterocycles. The number of likely N-dealkylation sites (N-methyl/N-ethyl adjacent to an activating group) is 1. The number of nitrogens with two attached hydrogens (primary N) is 1. The van der Waals surface area contributed by atoms with E-state index in [1.165, 1.54) is 11.3 Å². The molecule has 1 atom stereocenters. The summed E-state index contributed by atoms with van der Waals surface area (Å²) in [4.78, 5) is 24.0. The molecule has 1 unspecified atom stereocenters. The van der Waals surface area contributed by atoms with Gasteiger partial charge in [-0.3, -0.25) is 14.5 Å². The first-order chi connectivity index (χ1) is 9.49. The summed E-state index contributed by atoms with van der Waals surface area (Å²) in [7, 11) is 2.12. The lowest BCUT2D eigenvalue weighted by Crippen LogP contribution is -2.45. The third kappa shape index (κ3) is 4.51. The number of rotatable bonds is 3. The highest BCUT2D eigenvalue weighted by Gasteiger charge is 2.23.